The average molecular weight is 977 g/mol. The van der Waals surface area contributed by atoms with Crippen molar-refractivity contribution in [1.82, 2.24) is 31.9 Å². The number of carbonyl (C=O) groups excluding carboxylic acids is 6. The molecule has 0 aromatic heterocycles. The van der Waals surface area contributed by atoms with Gasteiger partial charge in [0.1, 0.15) is 18.1 Å². The Morgan fingerprint density at radius 2 is 0.833 bits per heavy atom. The first-order valence-corrected chi connectivity index (χ1v) is 26.1. The van der Waals surface area contributed by atoms with E-state index in [0.29, 0.717) is 13.1 Å². The number of amides is 6. The molecule has 72 heavy (non-hydrogen) atoms. The summed E-state index contributed by atoms with van der Waals surface area (Å²) in [4.78, 5) is 85.2. The van der Waals surface area contributed by atoms with Crippen LogP contribution in [-0.4, -0.2) is 66.7 Å². The summed E-state index contributed by atoms with van der Waals surface area (Å²) in [6, 6.07) is 25.2. The van der Waals surface area contributed by atoms with E-state index >= 15 is 0 Å². The smallest absolute Gasteiger partial charge is 0.247 e. The highest BCUT2D eigenvalue weighted by molar-refractivity contribution is 5.93. The van der Waals surface area contributed by atoms with Gasteiger partial charge >= 0.3 is 0 Å². The van der Waals surface area contributed by atoms with Crippen LogP contribution in [0.4, 0.5) is 0 Å². The number of unbranched alkanes of at least 4 members (excludes halogenated alkanes) is 10. The minimum Gasteiger partial charge on any atom is -0.354 e. The van der Waals surface area contributed by atoms with Crippen LogP contribution >= 0.6 is 0 Å². The van der Waals surface area contributed by atoms with E-state index in [2.05, 4.69) is 86.7 Å². The van der Waals surface area contributed by atoms with E-state index < -0.39 is 59.5 Å². The van der Waals surface area contributed by atoms with Crippen LogP contribution in [0.2, 0.25) is 0 Å². The molecular formula is C60H76N6O6. The molecule has 12 heteroatoms. The summed E-state index contributed by atoms with van der Waals surface area (Å²) >= 11 is 0. The minimum absolute atomic E-state index is 0.0528. The van der Waals surface area contributed by atoms with Gasteiger partial charge in [-0.2, -0.15) is 0 Å². The topological polar surface area (TPSA) is 175 Å². The molecule has 1 aliphatic rings. The Kier molecular flexibility index (Phi) is 27.4. The van der Waals surface area contributed by atoms with Crippen LogP contribution in [0, 0.1) is 17.8 Å². The maximum atomic E-state index is 14.6. The predicted molar refractivity (Wildman–Crippen MR) is 283 cm³/mol. The molecule has 6 amide bonds. The van der Waals surface area contributed by atoms with Gasteiger partial charge in [-0.15, -0.1) is 0 Å². The van der Waals surface area contributed by atoms with Crippen LogP contribution < -0.4 is 31.9 Å². The third-order valence-electron chi connectivity index (χ3n) is 12.9. The Morgan fingerprint density at radius 1 is 0.486 bits per heavy atom. The monoisotopic (exact) mass is 977 g/mol. The maximum Gasteiger partial charge on any atom is 0.247 e. The van der Waals surface area contributed by atoms with Crippen LogP contribution in [0.3, 0.4) is 0 Å². The van der Waals surface area contributed by atoms with Gasteiger partial charge in [0.25, 0.3) is 0 Å². The molecule has 6 N–H and O–H groups in total. The van der Waals surface area contributed by atoms with Gasteiger partial charge in [0.15, 0.2) is 0 Å². The lowest BCUT2D eigenvalue weighted by atomic mass is 9.73. The van der Waals surface area contributed by atoms with Crippen LogP contribution in [-0.2, 0) is 48.0 Å². The first-order chi connectivity index (χ1) is 35.1. The fourth-order valence-corrected chi connectivity index (χ4v) is 8.87. The highest BCUT2D eigenvalue weighted by Crippen LogP contribution is 2.35. The summed E-state index contributed by atoms with van der Waals surface area (Å²) in [5, 5.41) is 17.7. The molecule has 382 valence electrons. The molecule has 12 nitrogen and oxygen atoms in total. The molecule has 4 rings (SSSR count). The summed E-state index contributed by atoms with van der Waals surface area (Å²) in [5.74, 6) is -5.24. The Morgan fingerprint density at radius 3 is 1.21 bits per heavy atom. The summed E-state index contributed by atoms with van der Waals surface area (Å²) in [6.45, 7) is 8.69. The van der Waals surface area contributed by atoms with E-state index in [1.54, 1.807) is 0 Å². The van der Waals surface area contributed by atoms with Crippen molar-refractivity contribution >= 4 is 35.4 Å². The van der Waals surface area contributed by atoms with Gasteiger partial charge in [-0.25, -0.2) is 0 Å². The Balaban J connectivity index is 1.62. The molecular weight excluding hydrogens is 901 g/mol. The average Bonchev–Trinajstić information content (AvgIpc) is 3.40. The van der Waals surface area contributed by atoms with E-state index in [1.165, 1.54) is 19.0 Å². The first-order valence-electron chi connectivity index (χ1n) is 26.1. The fourth-order valence-electron chi connectivity index (χ4n) is 8.87. The van der Waals surface area contributed by atoms with Gasteiger partial charge in [0, 0.05) is 50.1 Å². The van der Waals surface area contributed by atoms with Crippen LogP contribution in [0.1, 0.15) is 127 Å². The van der Waals surface area contributed by atoms with Crippen molar-refractivity contribution < 1.29 is 28.8 Å². The number of rotatable bonds is 30. The van der Waals surface area contributed by atoms with Crippen LogP contribution in [0.15, 0.2) is 138 Å². The summed E-state index contributed by atoms with van der Waals surface area (Å²) in [7, 11) is 0. The number of benzene rings is 3. The molecule has 1 aliphatic carbocycles. The van der Waals surface area contributed by atoms with Crippen molar-refractivity contribution in [2.24, 2.45) is 17.8 Å². The molecule has 3 aromatic carbocycles. The lowest BCUT2D eigenvalue weighted by Crippen LogP contribution is -2.54. The van der Waals surface area contributed by atoms with Crippen molar-refractivity contribution in [3.63, 3.8) is 0 Å². The van der Waals surface area contributed by atoms with Crippen LogP contribution in [0.25, 0.3) is 0 Å². The zero-order valence-corrected chi connectivity index (χ0v) is 42.5. The second-order valence-corrected chi connectivity index (χ2v) is 18.6. The molecule has 0 bridgehead atoms. The van der Waals surface area contributed by atoms with Crippen molar-refractivity contribution in [2.45, 2.75) is 148 Å². The maximum absolute atomic E-state index is 14.6. The van der Waals surface area contributed by atoms with Crippen molar-refractivity contribution in [2.75, 3.05) is 13.1 Å². The highest BCUT2D eigenvalue weighted by Gasteiger charge is 2.41. The number of hydrogen-bond acceptors (Lipinski definition) is 6. The normalized spacial score (nSPS) is 15.9. The van der Waals surface area contributed by atoms with Crippen molar-refractivity contribution in [3.8, 4) is 0 Å². The highest BCUT2D eigenvalue weighted by atomic mass is 16.2. The molecule has 0 saturated heterocycles. The van der Waals surface area contributed by atoms with Gasteiger partial charge < -0.3 is 31.9 Å². The molecule has 0 spiro atoms. The van der Waals surface area contributed by atoms with E-state index in [0.717, 1.165) is 80.9 Å². The predicted octanol–water partition coefficient (Wildman–Crippen LogP) is 8.35. The van der Waals surface area contributed by atoms with E-state index in [1.807, 2.05) is 91.0 Å². The number of nitrogens with one attached hydrogen (secondary N) is 6. The molecule has 1 saturated carbocycles. The fraction of sp³-hybridized carbons (Fsp3) is 0.467. The Hall–Kier alpha value is -7.10. The van der Waals surface area contributed by atoms with Gasteiger partial charge in [0.05, 0.1) is 6.20 Å². The SMILES string of the molecule is C=C=C=C=C=C=C=CNC(=O)C(Cc1ccccc1)NC(=O)C1C[C@@H](C(=O)N[C@@H](Cc2ccccc2)C(=O)NCCCCCCCC)C[C@@H](C(=O)N[C@@H](Cc2ccccc2)C(=O)NCCCCCCCC)C1. The Labute approximate surface area is 427 Å². The zero-order chi connectivity index (χ0) is 51.6. The Bertz CT molecular complexity index is 2310. The van der Waals surface area contributed by atoms with Crippen LogP contribution in [0.5, 0.6) is 0 Å². The number of hydrogen-bond donors (Lipinski definition) is 6. The lowest BCUT2D eigenvalue weighted by molar-refractivity contribution is -0.139. The molecule has 2 unspecified atom stereocenters. The van der Waals surface area contributed by atoms with E-state index in [9.17, 15) is 28.8 Å². The zero-order valence-electron chi connectivity index (χ0n) is 42.5. The molecule has 0 aliphatic heterocycles. The molecule has 3 aromatic rings. The van der Waals surface area contributed by atoms with E-state index in [4.69, 9.17) is 0 Å². The molecule has 0 heterocycles. The third-order valence-corrected chi connectivity index (χ3v) is 12.9. The van der Waals surface area contributed by atoms with Crippen molar-refractivity contribution in [1.29, 1.82) is 0 Å². The lowest BCUT2D eigenvalue weighted by Gasteiger charge is -2.35. The third kappa shape index (κ3) is 22.3. The summed E-state index contributed by atoms with van der Waals surface area (Å²) < 4.78 is 0. The van der Waals surface area contributed by atoms with Gasteiger partial charge in [0.2, 0.25) is 35.4 Å². The molecule has 0 radical (unpaired) electrons. The largest absolute Gasteiger partial charge is 0.354 e. The van der Waals surface area contributed by atoms with Gasteiger partial charge in [-0.3, -0.25) is 28.8 Å². The van der Waals surface area contributed by atoms with Crippen molar-refractivity contribution in [3.05, 3.63) is 155 Å². The standard InChI is InChI=1S/C60H76N6O6/c1-4-7-10-13-16-28-37-61-58(70)52(40-46-31-22-19-23-32-46)64-55(67)49-43-50(56(68)65-53(41-47-33-24-20-25-34-47)59(71)62-38-29-17-14-11-8-5-2)45-51(44-49)57(69)66-54(42-48-35-26-21-27-36-48)60(72)63-39-30-18-15-12-9-6-3/h19-27,31-37,49-54H,1,5-6,8-9,11-12,14-15,17-18,29-30,38-45H2,2-3H3,(H,61,70)(H,62,71)(H,63,72)(H,64,67)(H,65,68)(H,66,69)/t49?,50-,51+,52?,53-,54-/m0/s1. The van der Waals surface area contributed by atoms with Gasteiger partial charge in [-0.05, 0) is 84.0 Å². The van der Waals surface area contributed by atoms with Gasteiger partial charge in [-0.1, -0.05) is 175 Å². The summed E-state index contributed by atoms with van der Waals surface area (Å²) in [6.07, 6.45) is 14.8. The first kappa shape index (κ1) is 57.5. The molecule has 1 fully saturated rings. The summed E-state index contributed by atoms with van der Waals surface area (Å²) in [5.41, 5.74) is 17.7. The second kappa shape index (κ2) is 34.3. The quantitative estimate of drug-likeness (QED) is 0.0289. The van der Waals surface area contributed by atoms with E-state index in [-0.39, 0.29) is 50.3 Å². The minimum atomic E-state index is -1.06. The number of carbonyl (C=O) groups is 6. The molecule has 6 atom stereocenters. The second-order valence-electron chi connectivity index (χ2n) is 18.6.